The molecule has 0 amide bonds. The highest BCUT2D eigenvalue weighted by Crippen LogP contribution is 2.41. The number of ether oxygens (including phenoxy) is 3. The average Bonchev–Trinajstić information content (AvgIpc) is 3.31. The second-order valence-electron chi connectivity index (χ2n) is 8.97. The molecule has 0 radical (unpaired) electrons. The lowest BCUT2D eigenvalue weighted by atomic mass is 9.74. The van der Waals surface area contributed by atoms with Crippen LogP contribution < -0.4 is 14.8 Å². The zero-order valence-corrected chi connectivity index (χ0v) is 17.4. The van der Waals surface area contributed by atoms with Crippen LogP contribution >= 0.6 is 0 Å². The summed E-state index contributed by atoms with van der Waals surface area (Å²) in [5.41, 5.74) is 1.61. The van der Waals surface area contributed by atoms with Crippen LogP contribution in [-0.2, 0) is 10.2 Å². The second-order valence-corrected chi connectivity index (χ2v) is 8.97. The summed E-state index contributed by atoms with van der Waals surface area (Å²) < 4.78 is 16.8. The van der Waals surface area contributed by atoms with E-state index in [1.54, 1.807) is 0 Å². The Morgan fingerprint density at radius 1 is 1.14 bits per heavy atom. The zero-order valence-electron chi connectivity index (χ0n) is 17.4. The fourth-order valence-electron chi connectivity index (χ4n) is 4.47. The van der Waals surface area contributed by atoms with Gasteiger partial charge in [-0.1, -0.05) is 19.9 Å². The second kappa shape index (κ2) is 7.82. The van der Waals surface area contributed by atoms with Gasteiger partial charge in [0.2, 0.25) is 6.79 Å². The number of nitrogens with one attached hydrogen (secondary N) is 1. The lowest BCUT2D eigenvalue weighted by Crippen LogP contribution is -2.43. The summed E-state index contributed by atoms with van der Waals surface area (Å²) in [4.78, 5) is 7.54. The molecule has 3 aliphatic rings. The van der Waals surface area contributed by atoms with E-state index in [2.05, 4.69) is 43.1 Å². The van der Waals surface area contributed by atoms with Gasteiger partial charge in [-0.15, -0.1) is 0 Å². The van der Waals surface area contributed by atoms with Crippen LogP contribution in [0.15, 0.2) is 23.2 Å². The number of fused-ring (bicyclic) bond motifs is 1. The lowest BCUT2D eigenvalue weighted by molar-refractivity contribution is 0.0529. The minimum atomic E-state index is -0.0187. The van der Waals surface area contributed by atoms with Gasteiger partial charge >= 0.3 is 0 Å². The highest BCUT2D eigenvalue weighted by molar-refractivity contribution is 5.80. The third kappa shape index (κ3) is 3.93. The molecule has 4 rings (SSSR count). The first-order valence-electron chi connectivity index (χ1n) is 10.5. The molecular weight excluding hydrogens is 354 g/mol. The van der Waals surface area contributed by atoms with Crippen LogP contribution in [-0.4, -0.2) is 57.0 Å². The fraction of sp³-hybridized carbons (Fsp3) is 0.682. The fourth-order valence-corrected chi connectivity index (χ4v) is 4.47. The zero-order chi connectivity index (χ0) is 19.6. The molecule has 3 heterocycles. The Bertz CT molecular complexity index is 726. The Balaban J connectivity index is 1.59. The smallest absolute Gasteiger partial charge is 0.231 e. The van der Waals surface area contributed by atoms with Crippen molar-refractivity contribution >= 4 is 5.96 Å². The predicted molar refractivity (Wildman–Crippen MR) is 110 cm³/mol. The maximum absolute atomic E-state index is 5.69. The maximum atomic E-state index is 5.69. The number of benzene rings is 1. The quantitative estimate of drug-likeness (QED) is 0.635. The number of guanidine groups is 1. The Morgan fingerprint density at radius 3 is 2.64 bits per heavy atom. The summed E-state index contributed by atoms with van der Waals surface area (Å²) in [5, 5.41) is 3.51. The van der Waals surface area contributed by atoms with Crippen LogP contribution in [0.2, 0.25) is 0 Å². The van der Waals surface area contributed by atoms with E-state index in [1.165, 1.54) is 12.0 Å². The molecule has 0 bridgehead atoms. The molecule has 0 saturated carbocycles. The third-order valence-corrected chi connectivity index (χ3v) is 6.28. The molecule has 2 fully saturated rings. The van der Waals surface area contributed by atoms with Crippen LogP contribution in [0.1, 0.15) is 45.6 Å². The van der Waals surface area contributed by atoms with Crippen molar-refractivity contribution in [2.24, 2.45) is 10.4 Å². The van der Waals surface area contributed by atoms with Crippen molar-refractivity contribution in [3.05, 3.63) is 23.8 Å². The van der Waals surface area contributed by atoms with Gasteiger partial charge in [-0.25, -0.2) is 0 Å². The van der Waals surface area contributed by atoms with E-state index in [0.29, 0.717) is 12.2 Å². The summed E-state index contributed by atoms with van der Waals surface area (Å²) in [6.07, 6.45) is 3.15. The first kappa shape index (κ1) is 19.4. The van der Waals surface area contributed by atoms with Crippen molar-refractivity contribution in [3.63, 3.8) is 0 Å². The normalized spacial score (nSPS) is 23.1. The molecule has 0 aromatic heterocycles. The van der Waals surface area contributed by atoms with Crippen molar-refractivity contribution in [2.75, 3.05) is 46.2 Å². The van der Waals surface area contributed by atoms with Gasteiger partial charge in [0.15, 0.2) is 17.5 Å². The van der Waals surface area contributed by atoms with Crippen molar-refractivity contribution in [1.82, 2.24) is 10.2 Å². The summed E-state index contributed by atoms with van der Waals surface area (Å²) in [6.45, 7) is 12.4. The van der Waals surface area contributed by atoms with Gasteiger partial charge in [-0.2, -0.15) is 0 Å². The van der Waals surface area contributed by atoms with Gasteiger partial charge in [0.25, 0.3) is 0 Å². The predicted octanol–water partition coefficient (Wildman–Crippen LogP) is 3.16. The number of likely N-dealkylation sites (tertiary alicyclic amines) is 1. The highest BCUT2D eigenvalue weighted by atomic mass is 16.7. The Labute approximate surface area is 168 Å². The van der Waals surface area contributed by atoms with Crippen molar-refractivity contribution in [1.29, 1.82) is 0 Å². The topological polar surface area (TPSA) is 55.3 Å². The molecule has 28 heavy (non-hydrogen) atoms. The molecule has 0 spiro atoms. The van der Waals surface area contributed by atoms with Crippen LogP contribution in [0.4, 0.5) is 0 Å². The van der Waals surface area contributed by atoms with Crippen molar-refractivity contribution in [2.45, 2.75) is 45.4 Å². The minimum Gasteiger partial charge on any atom is -0.454 e. The molecule has 6 heteroatoms. The Hall–Kier alpha value is -1.95. The first-order valence-corrected chi connectivity index (χ1v) is 10.5. The van der Waals surface area contributed by atoms with Gasteiger partial charge in [0.05, 0.1) is 6.54 Å². The Morgan fingerprint density at radius 2 is 1.93 bits per heavy atom. The van der Waals surface area contributed by atoms with E-state index < -0.39 is 0 Å². The van der Waals surface area contributed by atoms with Gasteiger partial charge in [0.1, 0.15) is 0 Å². The number of rotatable bonds is 4. The van der Waals surface area contributed by atoms with Gasteiger partial charge in [-0.05, 0) is 49.3 Å². The summed E-state index contributed by atoms with van der Waals surface area (Å²) >= 11 is 0. The third-order valence-electron chi connectivity index (χ3n) is 6.28. The van der Waals surface area contributed by atoms with E-state index in [1.807, 2.05) is 6.07 Å². The van der Waals surface area contributed by atoms with Crippen LogP contribution in [0.25, 0.3) is 0 Å². The number of hydrogen-bond acceptors (Lipinski definition) is 4. The van der Waals surface area contributed by atoms with E-state index >= 15 is 0 Å². The summed E-state index contributed by atoms with van der Waals surface area (Å²) in [7, 11) is 0. The Kier molecular flexibility index (Phi) is 5.41. The molecule has 154 valence electrons. The van der Waals surface area contributed by atoms with Crippen LogP contribution in [0.3, 0.4) is 0 Å². The molecule has 2 saturated heterocycles. The van der Waals surface area contributed by atoms with E-state index in [9.17, 15) is 0 Å². The maximum Gasteiger partial charge on any atom is 0.231 e. The van der Waals surface area contributed by atoms with Gasteiger partial charge in [0, 0.05) is 38.3 Å². The van der Waals surface area contributed by atoms with E-state index in [4.69, 9.17) is 19.2 Å². The highest BCUT2D eigenvalue weighted by Gasteiger charge is 2.37. The summed E-state index contributed by atoms with van der Waals surface area (Å²) in [6, 6.07) is 6.36. The monoisotopic (exact) mass is 387 g/mol. The van der Waals surface area contributed by atoms with Crippen molar-refractivity contribution in [3.8, 4) is 11.5 Å². The molecule has 6 nitrogen and oxygen atoms in total. The van der Waals surface area contributed by atoms with E-state index in [0.717, 1.165) is 69.7 Å². The lowest BCUT2D eigenvalue weighted by Gasteiger charge is -2.37. The van der Waals surface area contributed by atoms with Crippen LogP contribution in [0.5, 0.6) is 11.5 Å². The minimum absolute atomic E-state index is 0.0187. The van der Waals surface area contributed by atoms with Crippen molar-refractivity contribution < 1.29 is 14.2 Å². The number of nitrogens with zero attached hydrogens (tertiary/aromatic N) is 2. The largest absolute Gasteiger partial charge is 0.454 e. The van der Waals surface area contributed by atoms with E-state index in [-0.39, 0.29) is 5.41 Å². The average molecular weight is 388 g/mol. The van der Waals surface area contributed by atoms with Crippen LogP contribution in [0, 0.1) is 5.41 Å². The number of aliphatic imine (C=N–C) groups is 1. The van der Waals surface area contributed by atoms with Gasteiger partial charge < -0.3 is 24.4 Å². The SMILES string of the molecule is CCNC(=NCC1(c2ccc3c(c2)OCO3)CCOCC1)N1CCC(C)(C)C1. The standard InChI is InChI=1S/C22H33N3O3/c1-4-23-20(25-10-7-21(2,3)15-25)24-14-22(8-11-26-12-9-22)17-5-6-18-19(13-17)28-16-27-18/h5-6,13H,4,7-12,14-16H2,1-3H3,(H,23,24). The molecule has 1 aromatic carbocycles. The molecule has 1 N–H and O–H groups in total. The van der Waals surface area contributed by atoms with Gasteiger partial charge in [-0.3, -0.25) is 4.99 Å². The molecule has 0 aliphatic carbocycles. The molecule has 1 aromatic rings. The number of hydrogen-bond donors (Lipinski definition) is 1. The molecular formula is C22H33N3O3. The molecule has 0 atom stereocenters. The molecule has 3 aliphatic heterocycles. The first-order chi connectivity index (χ1) is 13.5. The molecule has 0 unspecified atom stereocenters. The summed E-state index contributed by atoms with van der Waals surface area (Å²) in [5.74, 6) is 2.72.